The van der Waals surface area contributed by atoms with E-state index in [1.807, 2.05) is 0 Å². The fraction of sp³-hybridized carbons (Fsp3) is 0. The number of aromatic carboxylic acids is 1. The van der Waals surface area contributed by atoms with Crippen molar-refractivity contribution in [3.05, 3.63) is 46.4 Å². The van der Waals surface area contributed by atoms with Gasteiger partial charge in [0.25, 0.3) is 0 Å². The van der Waals surface area contributed by atoms with E-state index in [0.29, 0.717) is 10.0 Å². The summed E-state index contributed by atoms with van der Waals surface area (Å²) in [7, 11) is 0. The maximum Gasteiger partial charge on any atom is 0.337 e. The highest BCUT2D eigenvalue weighted by Crippen LogP contribution is 2.28. The average molecular weight is 284 g/mol. The number of carbonyl (C=O) groups is 1. The molecule has 0 bridgehead atoms. The molecule has 0 atom stereocenters. The summed E-state index contributed by atoms with van der Waals surface area (Å²) in [4.78, 5) is 13.5. The third-order valence-electron chi connectivity index (χ3n) is 2.20. The Bertz CT molecular complexity index is 551. The number of benzene rings is 1. The second kappa shape index (κ2) is 4.09. The summed E-state index contributed by atoms with van der Waals surface area (Å²) in [6, 6.07) is 4.50. The summed E-state index contributed by atoms with van der Waals surface area (Å²) >= 11 is 3.14. The van der Waals surface area contributed by atoms with Gasteiger partial charge in [0.15, 0.2) is 0 Å². The van der Waals surface area contributed by atoms with Crippen LogP contribution in [0.4, 0.5) is 4.39 Å². The van der Waals surface area contributed by atoms with E-state index in [9.17, 15) is 9.18 Å². The number of carboxylic acids is 1. The quantitative estimate of drug-likeness (QED) is 0.889. The number of aromatic nitrogens is 1. The Hall–Kier alpha value is -1.62. The second-order valence-corrected chi connectivity index (χ2v) is 4.13. The van der Waals surface area contributed by atoms with Crippen LogP contribution in [-0.4, -0.2) is 16.1 Å². The Labute approximate surface area is 99.1 Å². The minimum Gasteiger partial charge on any atom is -0.478 e. The molecule has 0 radical (unpaired) electrons. The molecule has 0 unspecified atom stereocenters. The monoisotopic (exact) mass is 283 g/mol. The molecule has 5 heteroatoms. The van der Waals surface area contributed by atoms with Gasteiger partial charge in [-0.05, 0) is 12.1 Å². The standard InChI is InChI=1S/C11H7BrFNO2/c12-6-1-2-7(10(13)3-6)8-4-14-5-9(8)11(15)16/h1-5,14H,(H,15,16). The van der Waals surface area contributed by atoms with Crippen molar-refractivity contribution in [1.29, 1.82) is 0 Å². The van der Waals surface area contributed by atoms with E-state index in [4.69, 9.17) is 5.11 Å². The van der Waals surface area contributed by atoms with Crippen LogP contribution < -0.4 is 0 Å². The lowest BCUT2D eigenvalue weighted by molar-refractivity contribution is 0.0698. The van der Waals surface area contributed by atoms with Crippen molar-refractivity contribution in [2.45, 2.75) is 0 Å². The van der Waals surface area contributed by atoms with Crippen LogP contribution in [0.25, 0.3) is 11.1 Å². The molecule has 0 aliphatic heterocycles. The van der Waals surface area contributed by atoms with Crippen molar-refractivity contribution < 1.29 is 14.3 Å². The topological polar surface area (TPSA) is 53.1 Å². The Morgan fingerprint density at radius 3 is 2.69 bits per heavy atom. The molecule has 3 nitrogen and oxygen atoms in total. The van der Waals surface area contributed by atoms with Gasteiger partial charge >= 0.3 is 5.97 Å². The number of carboxylic acid groups (broad SMARTS) is 1. The third-order valence-corrected chi connectivity index (χ3v) is 2.69. The first-order valence-corrected chi connectivity index (χ1v) is 5.24. The highest BCUT2D eigenvalue weighted by molar-refractivity contribution is 9.10. The summed E-state index contributed by atoms with van der Waals surface area (Å²) < 4.78 is 14.2. The normalized spacial score (nSPS) is 10.4. The van der Waals surface area contributed by atoms with Crippen LogP contribution in [-0.2, 0) is 0 Å². The molecule has 0 saturated carbocycles. The average Bonchev–Trinajstić information content (AvgIpc) is 2.66. The maximum atomic E-state index is 13.6. The first-order valence-electron chi connectivity index (χ1n) is 4.45. The van der Waals surface area contributed by atoms with Gasteiger partial charge in [-0.1, -0.05) is 22.0 Å². The molecule has 0 fully saturated rings. The van der Waals surface area contributed by atoms with Gasteiger partial charge in [-0.2, -0.15) is 0 Å². The van der Waals surface area contributed by atoms with Gasteiger partial charge in [0, 0.05) is 28.0 Å². The number of hydrogen-bond acceptors (Lipinski definition) is 1. The molecule has 0 spiro atoms. The van der Waals surface area contributed by atoms with E-state index >= 15 is 0 Å². The predicted molar refractivity (Wildman–Crippen MR) is 60.8 cm³/mol. The minimum absolute atomic E-state index is 0.0567. The van der Waals surface area contributed by atoms with Crippen molar-refractivity contribution in [2.75, 3.05) is 0 Å². The van der Waals surface area contributed by atoms with Crippen molar-refractivity contribution >= 4 is 21.9 Å². The van der Waals surface area contributed by atoms with E-state index < -0.39 is 11.8 Å². The Morgan fingerprint density at radius 2 is 2.06 bits per heavy atom. The molecule has 0 aliphatic rings. The molecular weight excluding hydrogens is 277 g/mol. The zero-order chi connectivity index (χ0) is 11.7. The Kier molecular flexibility index (Phi) is 2.78. The van der Waals surface area contributed by atoms with Gasteiger partial charge in [-0.3, -0.25) is 0 Å². The van der Waals surface area contributed by atoms with Crippen molar-refractivity contribution in [3.63, 3.8) is 0 Å². The molecule has 2 N–H and O–H groups in total. The molecule has 1 aromatic carbocycles. The smallest absolute Gasteiger partial charge is 0.337 e. The lowest BCUT2D eigenvalue weighted by Gasteiger charge is -2.02. The molecule has 16 heavy (non-hydrogen) atoms. The number of rotatable bonds is 2. The van der Waals surface area contributed by atoms with Crippen molar-refractivity contribution in [1.82, 2.24) is 4.98 Å². The van der Waals surface area contributed by atoms with Crippen LogP contribution in [0.3, 0.4) is 0 Å². The first kappa shape index (κ1) is 10.9. The fourth-order valence-electron chi connectivity index (χ4n) is 1.47. The summed E-state index contributed by atoms with van der Waals surface area (Å²) in [5.74, 6) is -1.55. The second-order valence-electron chi connectivity index (χ2n) is 3.21. The van der Waals surface area contributed by atoms with Crippen LogP contribution in [0.2, 0.25) is 0 Å². The molecular formula is C11H7BrFNO2. The molecule has 0 aliphatic carbocycles. The predicted octanol–water partition coefficient (Wildman–Crippen LogP) is 3.28. The maximum absolute atomic E-state index is 13.6. The first-order chi connectivity index (χ1) is 7.59. The number of aromatic amines is 1. The molecule has 2 rings (SSSR count). The third kappa shape index (κ3) is 1.86. The summed E-state index contributed by atoms with van der Waals surface area (Å²) in [6.07, 6.45) is 2.80. The van der Waals surface area contributed by atoms with Gasteiger partial charge in [0.05, 0.1) is 5.56 Å². The van der Waals surface area contributed by atoms with E-state index in [2.05, 4.69) is 20.9 Å². The highest BCUT2D eigenvalue weighted by atomic mass is 79.9. The number of H-pyrrole nitrogens is 1. The SMILES string of the molecule is O=C(O)c1c[nH]cc1-c1ccc(Br)cc1F. The van der Waals surface area contributed by atoms with Crippen LogP contribution in [0, 0.1) is 5.82 Å². The van der Waals surface area contributed by atoms with Crippen molar-refractivity contribution in [3.8, 4) is 11.1 Å². The molecule has 0 saturated heterocycles. The van der Waals surface area contributed by atoms with Crippen molar-refractivity contribution in [2.24, 2.45) is 0 Å². The Balaban J connectivity index is 2.59. The van der Waals surface area contributed by atoms with E-state index in [0.717, 1.165) is 0 Å². The van der Waals surface area contributed by atoms with Gasteiger partial charge in [0.2, 0.25) is 0 Å². The summed E-state index contributed by atoms with van der Waals surface area (Å²) in [6.45, 7) is 0. The van der Waals surface area contributed by atoms with Crippen LogP contribution >= 0.6 is 15.9 Å². The molecule has 2 aromatic rings. The summed E-state index contributed by atoms with van der Waals surface area (Å²) in [5.41, 5.74) is 0.667. The van der Waals surface area contributed by atoms with Crippen LogP contribution in [0.1, 0.15) is 10.4 Å². The molecule has 1 aromatic heterocycles. The van der Waals surface area contributed by atoms with E-state index in [-0.39, 0.29) is 11.1 Å². The number of halogens is 2. The van der Waals surface area contributed by atoms with E-state index in [1.165, 1.54) is 24.5 Å². The van der Waals surface area contributed by atoms with Gasteiger partial charge in [0.1, 0.15) is 5.82 Å². The van der Waals surface area contributed by atoms with Crippen LogP contribution in [0.5, 0.6) is 0 Å². The summed E-state index contributed by atoms with van der Waals surface area (Å²) in [5, 5.41) is 8.91. The number of nitrogens with one attached hydrogen (secondary N) is 1. The number of hydrogen-bond donors (Lipinski definition) is 2. The lowest BCUT2D eigenvalue weighted by atomic mass is 10.0. The molecule has 82 valence electrons. The minimum atomic E-state index is -1.08. The fourth-order valence-corrected chi connectivity index (χ4v) is 1.80. The van der Waals surface area contributed by atoms with Gasteiger partial charge < -0.3 is 10.1 Å². The molecule has 0 amide bonds. The zero-order valence-corrected chi connectivity index (χ0v) is 9.58. The van der Waals surface area contributed by atoms with Gasteiger partial charge in [-0.15, -0.1) is 0 Å². The lowest BCUT2D eigenvalue weighted by Crippen LogP contribution is -1.97. The van der Waals surface area contributed by atoms with Gasteiger partial charge in [-0.25, -0.2) is 9.18 Å². The van der Waals surface area contributed by atoms with Crippen LogP contribution in [0.15, 0.2) is 35.1 Å². The highest BCUT2D eigenvalue weighted by Gasteiger charge is 2.15. The Morgan fingerprint density at radius 1 is 1.31 bits per heavy atom. The zero-order valence-electron chi connectivity index (χ0n) is 8.00. The van der Waals surface area contributed by atoms with E-state index in [1.54, 1.807) is 6.07 Å². The molecule has 1 heterocycles. The largest absolute Gasteiger partial charge is 0.478 e.